The lowest BCUT2D eigenvalue weighted by atomic mass is 9.73. The third-order valence-electron chi connectivity index (χ3n) is 5.46. The van der Waals surface area contributed by atoms with Gasteiger partial charge < -0.3 is 16.0 Å². The molecule has 1 saturated carbocycles. The molecule has 1 saturated heterocycles. The summed E-state index contributed by atoms with van der Waals surface area (Å²) in [7, 11) is 1.54. The molecule has 5 amide bonds. The molecule has 0 aromatic heterocycles. The molecule has 2 atom stereocenters. The van der Waals surface area contributed by atoms with Gasteiger partial charge in [-0.1, -0.05) is 19.8 Å². The number of hydrogen-bond donors (Lipinski definition) is 3. The van der Waals surface area contributed by atoms with Crippen LogP contribution in [0.5, 0.6) is 0 Å². The molecule has 1 aromatic rings. The van der Waals surface area contributed by atoms with E-state index in [2.05, 4.69) is 16.0 Å². The van der Waals surface area contributed by atoms with E-state index in [4.69, 9.17) is 0 Å². The predicted molar refractivity (Wildman–Crippen MR) is 99.1 cm³/mol. The van der Waals surface area contributed by atoms with E-state index in [9.17, 15) is 19.2 Å². The highest BCUT2D eigenvalue weighted by atomic mass is 16.2. The Hall–Kier alpha value is -2.90. The van der Waals surface area contributed by atoms with Gasteiger partial charge in [0.05, 0.1) is 0 Å². The molecule has 2 aliphatic rings. The van der Waals surface area contributed by atoms with Crippen LogP contribution in [0.2, 0.25) is 0 Å². The van der Waals surface area contributed by atoms with Gasteiger partial charge in [-0.05, 0) is 43.0 Å². The van der Waals surface area contributed by atoms with Crippen LogP contribution in [0.4, 0.5) is 10.5 Å². The van der Waals surface area contributed by atoms with Gasteiger partial charge in [0.1, 0.15) is 12.1 Å². The summed E-state index contributed by atoms with van der Waals surface area (Å²) in [5.41, 5.74) is 0.0865. The number of anilines is 1. The average molecular weight is 372 g/mol. The Morgan fingerprint density at radius 2 is 1.93 bits per heavy atom. The van der Waals surface area contributed by atoms with E-state index < -0.39 is 17.5 Å². The number of rotatable bonds is 4. The second-order valence-corrected chi connectivity index (χ2v) is 7.14. The molecule has 1 aliphatic heterocycles. The highest BCUT2D eigenvalue weighted by Gasteiger charge is 2.55. The molecule has 0 bridgehead atoms. The Morgan fingerprint density at radius 1 is 1.22 bits per heavy atom. The SMILES string of the molecule is CNC(=O)c1ccc(NC(=O)CN2C(=O)N[C@@]3(CCCC[C@@H]3C)C2=O)cc1. The van der Waals surface area contributed by atoms with Crippen molar-refractivity contribution in [2.45, 2.75) is 38.1 Å². The van der Waals surface area contributed by atoms with Gasteiger partial charge in [-0.3, -0.25) is 19.3 Å². The smallest absolute Gasteiger partial charge is 0.325 e. The molecule has 1 spiro atoms. The summed E-state index contributed by atoms with van der Waals surface area (Å²) in [6.45, 7) is 1.63. The summed E-state index contributed by atoms with van der Waals surface area (Å²) in [5, 5.41) is 8.00. The quantitative estimate of drug-likeness (QED) is 0.696. The number of imide groups is 1. The third-order valence-corrected chi connectivity index (χ3v) is 5.46. The molecular formula is C19H24N4O4. The molecule has 2 fully saturated rings. The van der Waals surface area contributed by atoms with Gasteiger partial charge in [0.2, 0.25) is 5.91 Å². The fourth-order valence-electron chi connectivity index (χ4n) is 3.83. The number of amides is 5. The van der Waals surface area contributed by atoms with Gasteiger partial charge in [-0.15, -0.1) is 0 Å². The lowest BCUT2D eigenvalue weighted by Crippen LogP contribution is -2.54. The maximum absolute atomic E-state index is 12.9. The Balaban J connectivity index is 1.64. The van der Waals surface area contributed by atoms with Crippen molar-refractivity contribution >= 4 is 29.4 Å². The van der Waals surface area contributed by atoms with E-state index in [0.29, 0.717) is 17.7 Å². The van der Waals surface area contributed by atoms with Gasteiger partial charge in [0, 0.05) is 18.3 Å². The number of nitrogens with one attached hydrogen (secondary N) is 3. The van der Waals surface area contributed by atoms with Crippen LogP contribution in [0.1, 0.15) is 43.0 Å². The number of nitrogens with zero attached hydrogens (tertiary/aromatic N) is 1. The van der Waals surface area contributed by atoms with Gasteiger partial charge in [-0.25, -0.2) is 4.79 Å². The van der Waals surface area contributed by atoms with Crippen LogP contribution in [0.3, 0.4) is 0 Å². The van der Waals surface area contributed by atoms with Crippen molar-refractivity contribution in [3.05, 3.63) is 29.8 Å². The van der Waals surface area contributed by atoms with Crippen LogP contribution < -0.4 is 16.0 Å². The number of benzene rings is 1. The van der Waals surface area contributed by atoms with Crippen molar-refractivity contribution in [1.29, 1.82) is 0 Å². The van der Waals surface area contributed by atoms with Crippen LogP contribution in [-0.4, -0.2) is 47.8 Å². The average Bonchev–Trinajstić information content (AvgIpc) is 2.89. The van der Waals surface area contributed by atoms with Crippen LogP contribution in [0.25, 0.3) is 0 Å². The summed E-state index contributed by atoms with van der Waals surface area (Å²) in [6, 6.07) is 5.85. The molecule has 1 heterocycles. The van der Waals surface area contributed by atoms with E-state index >= 15 is 0 Å². The first kappa shape index (κ1) is 18.9. The van der Waals surface area contributed by atoms with Crippen LogP contribution >= 0.6 is 0 Å². The second kappa shape index (κ2) is 7.38. The normalized spacial score (nSPS) is 24.7. The Morgan fingerprint density at radius 3 is 2.56 bits per heavy atom. The molecule has 0 unspecified atom stereocenters. The topological polar surface area (TPSA) is 108 Å². The number of carbonyl (C=O) groups excluding carboxylic acids is 4. The molecule has 3 rings (SSSR count). The summed E-state index contributed by atoms with van der Waals surface area (Å²) in [5.74, 6) is -0.955. The van der Waals surface area contributed by atoms with Crippen molar-refractivity contribution in [3.8, 4) is 0 Å². The maximum atomic E-state index is 12.9. The zero-order chi connectivity index (χ0) is 19.6. The van der Waals surface area contributed by atoms with Crippen LogP contribution in [0, 0.1) is 5.92 Å². The first-order chi connectivity index (χ1) is 12.9. The Bertz CT molecular complexity index is 776. The maximum Gasteiger partial charge on any atom is 0.325 e. The Kier molecular flexibility index (Phi) is 5.16. The Labute approximate surface area is 157 Å². The zero-order valence-corrected chi connectivity index (χ0v) is 15.5. The number of hydrogen-bond acceptors (Lipinski definition) is 4. The second-order valence-electron chi connectivity index (χ2n) is 7.14. The third kappa shape index (κ3) is 3.51. The first-order valence-electron chi connectivity index (χ1n) is 9.13. The van der Waals surface area contributed by atoms with Crippen molar-refractivity contribution in [3.63, 3.8) is 0 Å². The highest BCUT2D eigenvalue weighted by Crippen LogP contribution is 2.38. The molecule has 27 heavy (non-hydrogen) atoms. The molecule has 8 heteroatoms. The van der Waals surface area contributed by atoms with Gasteiger partial charge in [-0.2, -0.15) is 0 Å². The van der Waals surface area contributed by atoms with E-state index in [1.54, 1.807) is 24.3 Å². The minimum absolute atomic E-state index is 0.0491. The molecule has 0 radical (unpaired) electrons. The predicted octanol–water partition coefficient (Wildman–Crippen LogP) is 1.49. The van der Waals surface area contributed by atoms with Crippen molar-refractivity contribution in [2.24, 2.45) is 5.92 Å². The van der Waals surface area contributed by atoms with Crippen LogP contribution in [0.15, 0.2) is 24.3 Å². The van der Waals surface area contributed by atoms with Gasteiger partial charge in [0.25, 0.3) is 11.8 Å². The molecule has 144 valence electrons. The summed E-state index contributed by atoms with van der Waals surface area (Å²) in [4.78, 5) is 50.0. The summed E-state index contributed by atoms with van der Waals surface area (Å²) >= 11 is 0. The molecule has 1 aromatic carbocycles. The fourth-order valence-corrected chi connectivity index (χ4v) is 3.83. The standard InChI is InChI=1S/C19H24N4O4/c1-12-5-3-4-10-19(12)17(26)23(18(27)22-19)11-15(24)21-14-8-6-13(7-9-14)16(25)20-2/h6-9,12H,3-5,10-11H2,1-2H3,(H,20,25)(H,21,24)(H,22,27)/t12-,19+/m0/s1. The van der Waals surface area contributed by atoms with Crippen molar-refractivity contribution in [1.82, 2.24) is 15.5 Å². The van der Waals surface area contributed by atoms with E-state index in [0.717, 1.165) is 24.2 Å². The lowest BCUT2D eigenvalue weighted by Gasteiger charge is -2.36. The zero-order valence-electron chi connectivity index (χ0n) is 15.5. The summed E-state index contributed by atoms with van der Waals surface area (Å²) in [6.07, 6.45) is 3.41. The fraction of sp³-hybridized carbons (Fsp3) is 0.474. The molecule has 1 aliphatic carbocycles. The highest BCUT2D eigenvalue weighted by molar-refractivity contribution is 6.10. The number of carbonyl (C=O) groups is 4. The van der Waals surface area contributed by atoms with Crippen molar-refractivity contribution in [2.75, 3.05) is 18.9 Å². The minimum Gasteiger partial charge on any atom is -0.355 e. The largest absolute Gasteiger partial charge is 0.355 e. The van der Waals surface area contributed by atoms with E-state index in [1.807, 2.05) is 6.92 Å². The number of urea groups is 1. The molecular weight excluding hydrogens is 348 g/mol. The first-order valence-corrected chi connectivity index (χ1v) is 9.13. The summed E-state index contributed by atoms with van der Waals surface area (Å²) < 4.78 is 0. The van der Waals surface area contributed by atoms with Crippen molar-refractivity contribution < 1.29 is 19.2 Å². The van der Waals surface area contributed by atoms with E-state index in [1.165, 1.54) is 7.05 Å². The minimum atomic E-state index is -0.870. The van der Waals surface area contributed by atoms with E-state index in [-0.39, 0.29) is 24.3 Å². The monoisotopic (exact) mass is 372 g/mol. The van der Waals surface area contributed by atoms with Crippen LogP contribution in [-0.2, 0) is 9.59 Å². The molecule has 3 N–H and O–H groups in total. The van der Waals surface area contributed by atoms with Gasteiger partial charge >= 0.3 is 6.03 Å². The lowest BCUT2D eigenvalue weighted by molar-refractivity contribution is -0.136. The van der Waals surface area contributed by atoms with Gasteiger partial charge in [0.15, 0.2) is 0 Å². The molecule has 8 nitrogen and oxygen atoms in total.